The largest absolute Gasteiger partial charge is 0.481 e. The molecule has 0 aromatic carbocycles. The first-order valence-electron chi connectivity index (χ1n) is 4.56. The van der Waals surface area contributed by atoms with Crippen LogP contribution in [-0.2, 0) is 4.79 Å². The SMILES string of the molecule is O=C(O)CCCCCCCC(=S)S. The standard InChI is InChI=1S/C9H16O2S2/c10-8(11)6-4-2-1-3-5-7-9(12)13/h1-7H2,(H,10,11)(H,12,13). The number of thiocarbonyl (C=S) groups is 1. The Balaban J connectivity index is 3.00. The second kappa shape index (κ2) is 8.51. The maximum absolute atomic E-state index is 10.2. The van der Waals surface area contributed by atoms with Crippen molar-refractivity contribution in [2.24, 2.45) is 0 Å². The molecule has 0 saturated heterocycles. The monoisotopic (exact) mass is 220 g/mol. The minimum Gasteiger partial charge on any atom is -0.481 e. The summed E-state index contributed by atoms with van der Waals surface area (Å²) in [6.45, 7) is 0. The Morgan fingerprint density at radius 3 is 2.00 bits per heavy atom. The van der Waals surface area contributed by atoms with Gasteiger partial charge >= 0.3 is 5.97 Å². The first kappa shape index (κ1) is 12.9. The van der Waals surface area contributed by atoms with E-state index in [1.165, 1.54) is 0 Å². The van der Waals surface area contributed by atoms with Gasteiger partial charge in [0.1, 0.15) is 0 Å². The Kier molecular flexibility index (Phi) is 8.45. The Labute approximate surface area is 90.1 Å². The third-order valence-electron chi connectivity index (χ3n) is 1.78. The van der Waals surface area contributed by atoms with Crippen molar-refractivity contribution in [1.29, 1.82) is 0 Å². The first-order valence-corrected chi connectivity index (χ1v) is 5.42. The highest BCUT2D eigenvalue weighted by atomic mass is 32.1. The van der Waals surface area contributed by atoms with E-state index in [1.807, 2.05) is 0 Å². The molecule has 0 aromatic heterocycles. The fourth-order valence-electron chi connectivity index (χ4n) is 1.08. The zero-order valence-electron chi connectivity index (χ0n) is 7.66. The zero-order chi connectivity index (χ0) is 10.1. The number of thiol groups is 1. The molecule has 0 aliphatic rings. The first-order chi connectivity index (χ1) is 6.13. The van der Waals surface area contributed by atoms with Crippen LogP contribution in [0, 0.1) is 0 Å². The number of rotatable bonds is 8. The summed E-state index contributed by atoms with van der Waals surface area (Å²) in [5.74, 6) is -0.698. The summed E-state index contributed by atoms with van der Waals surface area (Å²) in [7, 11) is 0. The average molecular weight is 220 g/mol. The van der Waals surface area contributed by atoms with Crippen LogP contribution in [0.25, 0.3) is 0 Å². The lowest BCUT2D eigenvalue weighted by Crippen LogP contribution is -1.93. The maximum Gasteiger partial charge on any atom is 0.303 e. The van der Waals surface area contributed by atoms with Gasteiger partial charge in [-0.05, 0) is 19.3 Å². The highest BCUT2D eigenvalue weighted by molar-refractivity contribution is 8.11. The van der Waals surface area contributed by atoms with Crippen LogP contribution >= 0.6 is 24.8 Å². The topological polar surface area (TPSA) is 37.3 Å². The number of unbranched alkanes of at least 4 members (excludes halogenated alkanes) is 4. The van der Waals surface area contributed by atoms with Gasteiger partial charge in [-0.3, -0.25) is 4.79 Å². The van der Waals surface area contributed by atoms with E-state index in [-0.39, 0.29) is 0 Å². The molecule has 2 nitrogen and oxygen atoms in total. The molecule has 0 fully saturated rings. The molecule has 0 atom stereocenters. The number of carboxylic acids is 1. The van der Waals surface area contributed by atoms with Crippen molar-refractivity contribution in [3.63, 3.8) is 0 Å². The van der Waals surface area contributed by atoms with Crippen LogP contribution in [0.4, 0.5) is 0 Å². The molecule has 0 rings (SSSR count). The summed E-state index contributed by atoms with van der Waals surface area (Å²) in [4.78, 5) is 10.2. The third kappa shape index (κ3) is 11.9. The van der Waals surface area contributed by atoms with E-state index in [2.05, 4.69) is 12.6 Å². The molecule has 0 saturated carbocycles. The predicted molar refractivity (Wildman–Crippen MR) is 61.5 cm³/mol. The molecule has 0 unspecified atom stereocenters. The Hall–Kier alpha value is -0.0900. The molecule has 0 heterocycles. The summed E-state index contributed by atoms with van der Waals surface area (Å²) in [6, 6.07) is 0. The van der Waals surface area contributed by atoms with Gasteiger partial charge in [-0.25, -0.2) is 0 Å². The summed E-state index contributed by atoms with van der Waals surface area (Å²) in [5.41, 5.74) is 0. The van der Waals surface area contributed by atoms with Gasteiger partial charge < -0.3 is 5.11 Å². The van der Waals surface area contributed by atoms with Crippen molar-refractivity contribution >= 4 is 35.0 Å². The van der Waals surface area contributed by atoms with Crippen LogP contribution in [0.1, 0.15) is 44.9 Å². The summed E-state index contributed by atoms with van der Waals surface area (Å²) in [6.07, 6.45) is 6.30. The molecule has 0 bridgehead atoms. The molecule has 4 heteroatoms. The fraction of sp³-hybridized carbons (Fsp3) is 0.778. The average Bonchev–Trinajstić information content (AvgIpc) is 2.01. The Bertz CT molecular complexity index is 151. The summed E-state index contributed by atoms with van der Waals surface area (Å²) >= 11 is 8.84. The molecule has 0 aromatic rings. The highest BCUT2D eigenvalue weighted by Gasteiger charge is 1.96. The van der Waals surface area contributed by atoms with Crippen LogP contribution < -0.4 is 0 Å². The molecule has 76 valence electrons. The van der Waals surface area contributed by atoms with Crippen LogP contribution in [0.5, 0.6) is 0 Å². The minimum absolute atomic E-state index is 0.297. The molecule has 0 amide bonds. The molecular weight excluding hydrogens is 204 g/mol. The van der Waals surface area contributed by atoms with Gasteiger partial charge in [-0.1, -0.05) is 31.5 Å². The minimum atomic E-state index is -0.698. The van der Waals surface area contributed by atoms with E-state index in [4.69, 9.17) is 17.3 Å². The van der Waals surface area contributed by atoms with Crippen molar-refractivity contribution in [3.8, 4) is 0 Å². The highest BCUT2D eigenvalue weighted by Crippen LogP contribution is 2.08. The van der Waals surface area contributed by atoms with Crippen LogP contribution in [0.15, 0.2) is 0 Å². The molecule has 13 heavy (non-hydrogen) atoms. The number of hydrogen-bond donors (Lipinski definition) is 2. The maximum atomic E-state index is 10.2. The van der Waals surface area contributed by atoms with Gasteiger partial charge in [0.15, 0.2) is 0 Å². The lowest BCUT2D eigenvalue weighted by Gasteiger charge is -1.98. The van der Waals surface area contributed by atoms with Crippen LogP contribution in [0.2, 0.25) is 0 Å². The van der Waals surface area contributed by atoms with E-state index in [1.54, 1.807) is 0 Å². The van der Waals surface area contributed by atoms with E-state index >= 15 is 0 Å². The number of carboxylic acid groups (broad SMARTS) is 1. The predicted octanol–water partition coefficient (Wildman–Crippen LogP) is 3.06. The van der Waals surface area contributed by atoms with Crippen molar-refractivity contribution in [2.45, 2.75) is 44.9 Å². The van der Waals surface area contributed by atoms with Crippen LogP contribution in [-0.4, -0.2) is 15.3 Å². The van der Waals surface area contributed by atoms with Gasteiger partial charge in [0.2, 0.25) is 0 Å². The number of hydrogen-bond acceptors (Lipinski definition) is 2. The van der Waals surface area contributed by atoms with Gasteiger partial charge in [-0.2, -0.15) is 0 Å². The zero-order valence-corrected chi connectivity index (χ0v) is 9.37. The van der Waals surface area contributed by atoms with Crippen molar-refractivity contribution in [1.82, 2.24) is 0 Å². The number of carbonyl (C=O) groups is 1. The number of aliphatic carboxylic acids is 1. The molecule has 0 aliphatic carbocycles. The van der Waals surface area contributed by atoms with Crippen LogP contribution in [0.3, 0.4) is 0 Å². The Morgan fingerprint density at radius 2 is 1.54 bits per heavy atom. The normalized spacial score (nSPS) is 9.92. The Morgan fingerprint density at radius 1 is 1.08 bits per heavy atom. The summed E-state index contributed by atoms with van der Waals surface area (Å²) < 4.78 is 0.769. The van der Waals surface area contributed by atoms with Crippen molar-refractivity contribution in [3.05, 3.63) is 0 Å². The molecular formula is C9H16O2S2. The lowest BCUT2D eigenvalue weighted by atomic mass is 10.1. The quantitative estimate of drug-likeness (QED) is 0.375. The lowest BCUT2D eigenvalue weighted by molar-refractivity contribution is -0.137. The van der Waals surface area contributed by atoms with E-state index < -0.39 is 5.97 Å². The van der Waals surface area contributed by atoms with E-state index in [0.717, 1.165) is 42.7 Å². The van der Waals surface area contributed by atoms with Crippen molar-refractivity contribution < 1.29 is 9.90 Å². The molecule has 0 spiro atoms. The van der Waals surface area contributed by atoms with Gasteiger partial charge in [0.05, 0.1) is 0 Å². The molecule has 1 N–H and O–H groups in total. The second-order valence-electron chi connectivity index (χ2n) is 3.06. The van der Waals surface area contributed by atoms with Crippen molar-refractivity contribution in [2.75, 3.05) is 0 Å². The second-order valence-corrected chi connectivity index (χ2v) is 4.39. The van der Waals surface area contributed by atoms with Gasteiger partial charge in [-0.15, -0.1) is 12.6 Å². The summed E-state index contributed by atoms with van der Waals surface area (Å²) in [5, 5.41) is 8.36. The molecule has 0 radical (unpaired) electrons. The van der Waals surface area contributed by atoms with E-state index in [9.17, 15) is 4.79 Å². The smallest absolute Gasteiger partial charge is 0.303 e. The fourth-order valence-corrected chi connectivity index (χ4v) is 1.39. The third-order valence-corrected chi connectivity index (χ3v) is 2.21. The molecule has 0 aliphatic heterocycles. The van der Waals surface area contributed by atoms with E-state index in [0.29, 0.717) is 6.42 Å². The van der Waals surface area contributed by atoms with Gasteiger partial charge in [0.25, 0.3) is 0 Å². The van der Waals surface area contributed by atoms with Gasteiger partial charge in [0, 0.05) is 10.6 Å².